The first-order chi connectivity index (χ1) is 12.6. The van der Waals surface area contributed by atoms with Gasteiger partial charge in [-0.2, -0.15) is 0 Å². The van der Waals surface area contributed by atoms with Crippen LogP contribution in [0.3, 0.4) is 0 Å². The Balaban J connectivity index is 2.04. The third-order valence-electron chi connectivity index (χ3n) is 3.65. The number of aromatic nitrogens is 1. The first kappa shape index (κ1) is 17.2. The molecule has 0 saturated heterocycles. The Bertz CT molecular complexity index is 957. The summed E-state index contributed by atoms with van der Waals surface area (Å²) in [6.45, 7) is -0.176. The fourth-order valence-electron chi connectivity index (χ4n) is 2.47. The number of para-hydroxylation sites is 1. The maximum atomic E-state index is 12.1. The standard InChI is InChI=1S/C19H16N2O5/c1-25-19-15-11-13(26-12-5-3-2-4-6-12)7-8-14(15)17(23)16(21-19)18(24)20-9-10-22/h2-8,10-11,23H,9H2,1H3,(H,20,24). The highest BCUT2D eigenvalue weighted by atomic mass is 16.5. The largest absolute Gasteiger partial charge is 0.505 e. The number of hydrogen-bond acceptors (Lipinski definition) is 6. The van der Waals surface area contributed by atoms with Gasteiger partial charge in [-0.05, 0) is 30.3 Å². The van der Waals surface area contributed by atoms with Gasteiger partial charge in [-0.15, -0.1) is 0 Å². The Labute approximate surface area is 149 Å². The number of ether oxygens (including phenoxy) is 2. The van der Waals surface area contributed by atoms with Crippen molar-refractivity contribution in [2.24, 2.45) is 0 Å². The van der Waals surface area contributed by atoms with Crippen LogP contribution in [-0.4, -0.2) is 35.9 Å². The number of benzene rings is 2. The molecule has 2 aromatic carbocycles. The van der Waals surface area contributed by atoms with Crippen LogP contribution in [0.1, 0.15) is 10.5 Å². The molecule has 0 aliphatic heterocycles. The molecular formula is C19H16N2O5. The molecule has 1 heterocycles. The van der Waals surface area contributed by atoms with Crippen LogP contribution >= 0.6 is 0 Å². The Morgan fingerprint density at radius 2 is 1.92 bits per heavy atom. The Morgan fingerprint density at radius 3 is 2.62 bits per heavy atom. The molecule has 7 heteroatoms. The number of nitrogens with zero attached hydrogens (tertiary/aromatic N) is 1. The molecule has 0 unspecified atom stereocenters. The molecule has 3 aromatic rings. The minimum atomic E-state index is -0.667. The van der Waals surface area contributed by atoms with Crippen LogP contribution < -0.4 is 14.8 Å². The molecule has 0 spiro atoms. The van der Waals surface area contributed by atoms with Gasteiger partial charge < -0.3 is 24.7 Å². The molecule has 1 amide bonds. The minimum Gasteiger partial charge on any atom is -0.505 e. The molecule has 2 N–H and O–H groups in total. The number of fused-ring (bicyclic) bond motifs is 1. The van der Waals surface area contributed by atoms with Crippen molar-refractivity contribution in [2.45, 2.75) is 0 Å². The van der Waals surface area contributed by atoms with Crippen LogP contribution in [0, 0.1) is 0 Å². The van der Waals surface area contributed by atoms with E-state index >= 15 is 0 Å². The number of aldehydes is 1. The summed E-state index contributed by atoms with van der Waals surface area (Å²) in [6, 6.07) is 14.2. The van der Waals surface area contributed by atoms with Crippen molar-refractivity contribution in [3.63, 3.8) is 0 Å². The van der Waals surface area contributed by atoms with Crippen molar-refractivity contribution in [3.8, 4) is 23.1 Å². The lowest BCUT2D eigenvalue weighted by Crippen LogP contribution is -2.26. The van der Waals surface area contributed by atoms with E-state index in [-0.39, 0.29) is 23.9 Å². The average molecular weight is 352 g/mol. The fourth-order valence-corrected chi connectivity index (χ4v) is 2.47. The summed E-state index contributed by atoms with van der Waals surface area (Å²) < 4.78 is 11.0. The van der Waals surface area contributed by atoms with E-state index in [1.54, 1.807) is 18.2 Å². The predicted molar refractivity (Wildman–Crippen MR) is 94.9 cm³/mol. The number of rotatable bonds is 6. The van der Waals surface area contributed by atoms with Crippen molar-refractivity contribution in [1.29, 1.82) is 0 Å². The number of nitrogens with one attached hydrogen (secondary N) is 1. The molecule has 0 radical (unpaired) electrons. The van der Waals surface area contributed by atoms with Gasteiger partial charge in [0.25, 0.3) is 5.91 Å². The lowest BCUT2D eigenvalue weighted by Gasteiger charge is -2.12. The lowest BCUT2D eigenvalue weighted by molar-refractivity contribution is -0.107. The molecule has 132 valence electrons. The SMILES string of the molecule is COc1nc(C(=O)NCC=O)c(O)c2ccc(Oc3ccccc3)cc12. The molecule has 0 bridgehead atoms. The van der Waals surface area contributed by atoms with Crippen molar-refractivity contribution in [3.05, 3.63) is 54.2 Å². The van der Waals surface area contributed by atoms with E-state index in [0.717, 1.165) is 0 Å². The van der Waals surface area contributed by atoms with Crippen LogP contribution in [0.15, 0.2) is 48.5 Å². The number of carbonyl (C=O) groups excluding carboxylic acids is 2. The number of pyridine rings is 1. The van der Waals surface area contributed by atoms with Crippen molar-refractivity contribution in [1.82, 2.24) is 10.3 Å². The van der Waals surface area contributed by atoms with Crippen molar-refractivity contribution >= 4 is 23.0 Å². The first-order valence-electron chi connectivity index (χ1n) is 7.79. The second kappa shape index (κ2) is 7.52. The summed E-state index contributed by atoms with van der Waals surface area (Å²) in [5.41, 5.74) is -0.215. The fraction of sp³-hybridized carbons (Fsp3) is 0.105. The van der Waals surface area contributed by atoms with E-state index in [9.17, 15) is 14.7 Å². The minimum absolute atomic E-state index is 0.160. The van der Waals surface area contributed by atoms with E-state index in [0.29, 0.717) is 28.6 Å². The van der Waals surface area contributed by atoms with Crippen LogP contribution in [0.25, 0.3) is 10.8 Å². The maximum Gasteiger partial charge on any atom is 0.274 e. The lowest BCUT2D eigenvalue weighted by atomic mass is 10.1. The zero-order valence-electron chi connectivity index (χ0n) is 13.9. The molecule has 1 aromatic heterocycles. The number of hydrogen-bond donors (Lipinski definition) is 2. The highest BCUT2D eigenvalue weighted by molar-refractivity contribution is 6.04. The smallest absolute Gasteiger partial charge is 0.274 e. The molecule has 0 saturated carbocycles. The Kier molecular flexibility index (Phi) is 4.98. The quantitative estimate of drug-likeness (QED) is 0.662. The maximum absolute atomic E-state index is 12.1. The van der Waals surface area contributed by atoms with Crippen LogP contribution in [-0.2, 0) is 4.79 Å². The summed E-state index contributed by atoms with van der Waals surface area (Å²) >= 11 is 0. The molecule has 0 aliphatic carbocycles. The van der Waals surface area contributed by atoms with Gasteiger partial charge in [0, 0.05) is 5.39 Å². The molecule has 0 fully saturated rings. The number of amides is 1. The Morgan fingerprint density at radius 1 is 1.15 bits per heavy atom. The summed E-state index contributed by atoms with van der Waals surface area (Å²) in [6.07, 6.45) is 0.542. The van der Waals surface area contributed by atoms with Gasteiger partial charge in [0.1, 0.15) is 17.8 Å². The second-order valence-electron chi connectivity index (χ2n) is 5.32. The van der Waals surface area contributed by atoms with Crippen molar-refractivity contribution in [2.75, 3.05) is 13.7 Å². The molecule has 0 aliphatic rings. The highest BCUT2D eigenvalue weighted by Crippen LogP contribution is 2.36. The number of methoxy groups -OCH3 is 1. The predicted octanol–water partition coefficient (Wildman–Crippen LogP) is 2.67. The van der Waals surface area contributed by atoms with Gasteiger partial charge in [-0.1, -0.05) is 18.2 Å². The molecule has 3 rings (SSSR count). The second-order valence-corrected chi connectivity index (χ2v) is 5.32. The molecule has 0 atom stereocenters. The van der Waals surface area contributed by atoms with Gasteiger partial charge in [-0.3, -0.25) is 4.79 Å². The van der Waals surface area contributed by atoms with Gasteiger partial charge in [0.15, 0.2) is 11.4 Å². The third kappa shape index (κ3) is 3.41. The summed E-state index contributed by atoms with van der Waals surface area (Å²) in [7, 11) is 1.41. The zero-order valence-corrected chi connectivity index (χ0v) is 13.9. The van der Waals surface area contributed by atoms with Gasteiger partial charge in [0.2, 0.25) is 5.88 Å². The highest BCUT2D eigenvalue weighted by Gasteiger charge is 2.20. The first-order valence-corrected chi connectivity index (χ1v) is 7.79. The van der Waals surface area contributed by atoms with Crippen molar-refractivity contribution < 1.29 is 24.2 Å². The van der Waals surface area contributed by atoms with E-state index in [2.05, 4.69) is 10.3 Å². The van der Waals surface area contributed by atoms with Gasteiger partial charge >= 0.3 is 0 Å². The number of carbonyl (C=O) groups is 2. The zero-order chi connectivity index (χ0) is 18.5. The Hall–Kier alpha value is -3.61. The summed E-state index contributed by atoms with van der Waals surface area (Å²) in [5.74, 6) is 0.386. The van der Waals surface area contributed by atoms with Crippen LogP contribution in [0.4, 0.5) is 0 Å². The van der Waals surface area contributed by atoms with Gasteiger partial charge in [0.05, 0.1) is 19.0 Å². The average Bonchev–Trinajstić information content (AvgIpc) is 2.67. The molecular weight excluding hydrogens is 336 g/mol. The van der Waals surface area contributed by atoms with E-state index in [4.69, 9.17) is 9.47 Å². The van der Waals surface area contributed by atoms with Gasteiger partial charge in [-0.25, -0.2) is 4.98 Å². The summed E-state index contributed by atoms with van der Waals surface area (Å²) in [4.78, 5) is 26.5. The van der Waals surface area contributed by atoms with Crippen LogP contribution in [0.2, 0.25) is 0 Å². The third-order valence-corrected chi connectivity index (χ3v) is 3.65. The van der Waals surface area contributed by atoms with E-state index in [1.807, 2.05) is 30.3 Å². The summed E-state index contributed by atoms with van der Waals surface area (Å²) in [5, 5.41) is 13.6. The normalized spacial score (nSPS) is 10.3. The van der Waals surface area contributed by atoms with E-state index in [1.165, 1.54) is 7.11 Å². The number of aromatic hydroxyl groups is 1. The topological polar surface area (TPSA) is 97.8 Å². The van der Waals surface area contributed by atoms with Crippen LogP contribution in [0.5, 0.6) is 23.1 Å². The van der Waals surface area contributed by atoms with E-state index < -0.39 is 5.91 Å². The monoisotopic (exact) mass is 352 g/mol. The molecule has 26 heavy (non-hydrogen) atoms. The molecule has 7 nitrogen and oxygen atoms in total.